The van der Waals surface area contributed by atoms with E-state index in [-0.39, 0.29) is 18.4 Å². The number of rotatable bonds is 6. The van der Waals surface area contributed by atoms with Gasteiger partial charge in [0.1, 0.15) is 5.75 Å². The number of nitrogens with zero attached hydrogens (tertiary/aromatic N) is 1. The Bertz CT molecular complexity index is 798. The zero-order chi connectivity index (χ0) is 18.7. The normalized spacial score (nSPS) is 21.5. The molecule has 0 bridgehead atoms. The molecule has 2 aromatic rings. The number of methoxy groups -OCH3 is 1. The largest absolute Gasteiger partial charge is 0.497 e. The fourth-order valence-electron chi connectivity index (χ4n) is 4.01. The van der Waals surface area contributed by atoms with Crippen molar-refractivity contribution in [1.82, 2.24) is 10.3 Å². The maximum atomic E-state index is 11.8. The van der Waals surface area contributed by atoms with E-state index in [9.17, 15) is 15.0 Å². The molecule has 1 aliphatic heterocycles. The van der Waals surface area contributed by atoms with Crippen molar-refractivity contribution < 1.29 is 19.7 Å². The van der Waals surface area contributed by atoms with Crippen molar-refractivity contribution in [3.05, 3.63) is 35.0 Å². The van der Waals surface area contributed by atoms with Gasteiger partial charge in [0.2, 0.25) is 0 Å². The quantitative estimate of drug-likeness (QED) is 0.715. The van der Waals surface area contributed by atoms with Gasteiger partial charge in [-0.3, -0.25) is 9.78 Å². The highest BCUT2D eigenvalue weighted by atomic mass is 35.5. The van der Waals surface area contributed by atoms with Gasteiger partial charge in [0.05, 0.1) is 23.6 Å². The average Bonchev–Trinajstić information content (AvgIpc) is 2.66. The molecule has 0 spiro atoms. The SMILES string of the molecule is COc1ccc2ncc(Cl)c(C(CCO)C3CCNCC3C(=O)O)c2c1. The summed E-state index contributed by atoms with van der Waals surface area (Å²) in [5.74, 6) is -0.948. The van der Waals surface area contributed by atoms with Crippen molar-refractivity contribution in [1.29, 1.82) is 0 Å². The molecule has 26 heavy (non-hydrogen) atoms. The van der Waals surface area contributed by atoms with Crippen LogP contribution in [-0.4, -0.2) is 48.0 Å². The number of carboxylic acids is 1. The maximum absolute atomic E-state index is 11.8. The lowest BCUT2D eigenvalue weighted by molar-refractivity contribution is -0.144. The van der Waals surface area contributed by atoms with Crippen LogP contribution in [0.1, 0.15) is 24.3 Å². The number of carbonyl (C=O) groups is 1. The number of aromatic nitrogens is 1. The number of carboxylic acid groups (broad SMARTS) is 1. The minimum absolute atomic E-state index is 0.0367. The first-order valence-electron chi connectivity index (χ1n) is 8.73. The number of hydrogen-bond donors (Lipinski definition) is 3. The number of pyridine rings is 1. The van der Waals surface area contributed by atoms with E-state index in [2.05, 4.69) is 10.3 Å². The highest BCUT2D eigenvalue weighted by Crippen LogP contribution is 2.43. The van der Waals surface area contributed by atoms with Crippen molar-refractivity contribution in [2.24, 2.45) is 11.8 Å². The number of hydrogen-bond acceptors (Lipinski definition) is 5. The van der Waals surface area contributed by atoms with E-state index in [1.165, 1.54) is 0 Å². The molecule has 0 radical (unpaired) electrons. The van der Waals surface area contributed by atoms with Gasteiger partial charge in [0, 0.05) is 24.7 Å². The number of aliphatic hydroxyl groups is 1. The van der Waals surface area contributed by atoms with Crippen molar-refractivity contribution in [2.75, 3.05) is 26.8 Å². The number of piperidine rings is 1. The number of benzene rings is 1. The van der Waals surface area contributed by atoms with Gasteiger partial charge in [-0.2, -0.15) is 0 Å². The minimum Gasteiger partial charge on any atom is -0.497 e. The highest BCUT2D eigenvalue weighted by molar-refractivity contribution is 6.32. The third kappa shape index (κ3) is 3.63. The van der Waals surface area contributed by atoms with Gasteiger partial charge < -0.3 is 20.3 Å². The molecular weight excluding hydrogens is 356 g/mol. The molecule has 6 nitrogen and oxygen atoms in total. The molecule has 140 valence electrons. The molecular formula is C19H23ClN2O4. The first kappa shape index (κ1) is 18.9. The Labute approximate surface area is 157 Å². The smallest absolute Gasteiger partial charge is 0.308 e. The van der Waals surface area contributed by atoms with Crippen LogP contribution in [0.5, 0.6) is 5.75 Å². The Balaban J connectivity index is 2.15. The Morgan fingerprint density at radius 1 is 1.50 bits per heavy atom. The average molecular weight is 379 g/mol. The molecule has 0 saturated carbocycles. The molecule has 1 saturated heterocycles. The summed E-state index contributed by atoms with van der Waals surface area (Å²) in [6.07, 6.45) is 2.77. The van der Waals surface area contributed by atoms with E-state index < -0.39 is 11.9 Å². The molecule has 3 N–H and O–H groups in total. The van der Waals surface area contributed by atoms with Crippen LogP contribution in [0.4, 0.5) is 0 Å². The summed E-state index contributed by atoms with van der Waals surface area (Å²) in [7, 11) is 1.59. The van der Waals surface area contributed by atoms with Crippen LogP contribution in [0.15, 0.2) is 24.4 Å². The molecule has 3 unspecified atom stereocenters. The second kappa shape index (κ2) is 8.20. The number of aliphatic hydroxyl groups excluding tert-OH is 1. The van der Waals surface area contributed by atoms with E-state index in [1.54, 1.807) is 13.3 Å². The van der Waals surface area contributed by atoms with Crippen molar-refractivity contribution in [2.45, 2.75) is 18.8 Å². The lowest BCUT2D eigenvalue weighted by atomic mass is 9.72. The number of fused-ring (bicyclic) bond motifs is 1. The minimum atomic E-state index is -0.822. The van der Waals surface area contributed by atoms with Crippen LogP contribution in [0.2, 0.25) is 5.02 Å². The van der Waals surface area contributed by atoms with Crippen LogP contribution in [0.25, 0.3) is 10.9 Å². The molecule has 2 heterocycles. The maximum Gasteiger partial charge on any atom is 0.308 e. The van der Waals surface area contributed by atoms with Gasteiger partial charge in [-0.15, -0.1) is 0 Å². The summed E-state index contributed by atoms with van der Waals surface area (Å²) in [5, 5.41) is 23.8. The van der Waals surface area contributed by atoms with Crippen LogP contribution in [0, 0.1) is 11.8 Å². The Morgan fingerprint density at radius 2 is 2.31 bits per heavy atom. The molecule has 1 aliphatic rings. The zero-order valence-electron chi connectivity index (χ0n) is 14.6. The van der Waals surface area contributed by atoms with Crippen molar-refractivity contribution >= 4 is 28.5 Å². The fourth-order valence-corrected chi connectivity index (χ4v) is 4.30. The lowest BCUT2D eigenvalue weighted by Gasteiger charge is -2.36. The van der Waals surface area contributed by atoms with Gasteiger partial charge in [-0.1, -0.05) is 11.6 Å². The summed E-state index contributed by atoms with van der Waals surface area (Å²) in [6.45, 7) is 1.14. The van der Waals surface area contributed by atoms with Crippen molar-refractivity contribution in [3.8, 4) is 5.75 Å². The molecule has 7 heteroatoms. The molecule has 1 aromatic heterocycles. The highest BCUT2D eigenvalue weighted by Gasteiger charge is 2.38. The van der Waals surface area contributed by atoms with Gasteiger partial charge in [0.25, 0.3) is 0 Å². The lowest BCUT2D eigenvalue weighted by Crippen LogP contribution is -2.43. The summed E-state index contributed by atoms with van der Waals surface area (Å²) < 4.78 is 5.34. The monoisotopic (exact) mass is 378 g/mol. The van der Waals surface area contributed by atoms with Gasteiger partial charge in [-0.25, -0.2) is 0 Å². The topological polar surface area (TPSA) is 91.7 Å². The molecule has 1 fully saturated rings. The first-order valence-corrected chi connectivity index (χ1v) is 9.11. The Hall–Kier alpha value is -1.89. The van der Waals surface area contributed by atoms with Crippen LogP contribution in [-0.2, 0) is 4.79 Å². The van der Waals surface area contributed by atoms with E-state index in [0.717, 1.165) is 23.0 Å². The number of halogens is 1. The van der Waals surface area contributed by atoms with Gasteiger partial charge in [0.15, 0.2) is 0 Å². The number of nitrogens with one attached hydrogen (secondary N) is 1. The number of ether oxygens (including phenoxy) is 1. The molecule has 3 rings (SSSR count). The van der Waals surface area contributed by atoms with E-state index >= 15 is 0 Å². The van der Waals surface area contributed by atoms with Gasteiger partial charge >= 0.3 is 5.97 Å². The third-order valence-corrected chi connectivity index (χ3v) is 5.55. The van der Waals surface area contributed by atoms with Gasteiger partial charge in [-0.05, 0) is 55.0 Å². The molecule has 3 atom stereocenters. The summed E-state index contributed by atoms with van der Waals surface area (Å²) in [6, 6.07) is 5.57. The molecule has 0 amide bonds. The zero-order valence-corrected chi connectivity index (χ0v) is 15.4. The predicted molar refractivity (Wildman–Crippen MR) is 99.9 cm³/mol. The molecule has 1 aromatic carbocycles. The third-order valence-electron chi connectivity index (χ3n) is 5.25. The summed E-state index contributed by atoms with van der Waals surface area (Å²) in [5.41, 5.74) is 1.62. The van der Waals surface area contributed by atoms with E-state index in [4.69, 9.17) is 16.3 Å². The second-order valence-electron chi connectivity index (χ2n) is 6.62. The second-order valence-corrected chi connectivity index (χ2v) is 7.03. The molecule has 0 aliphatic carbocycles. The van der Waals surface area contributed by atoms with Crippen LogP contribution < -0.4 is 10.1 Å². The summed E-state index contributed by atoms with van der Waals surface area (Å²) in [4.78, 5) is 16.2. The Kier molecular flexibility index (Phi) is 5.96. The standard InChI is InChI=1S/C19H23ClN2O4/c1-26-11-2-3-17-14(8-11)18(16(20)10-22-17)13(5-7-23)12-4-6-21-9-15(12)19(24)25/h2-3,8,10,12-13,15,21,23H,4-7,9H2,1H3,(H,24,25). The van der Waals surface area contributed by atoms with Crippen LogP contribution >= 0.6 is 11.6 Å². The predicted octanol–water partition coefficient (Wildman–Crippen LogP) is 2.67. The van der Waals surface area contributed by atoms with Crippen molar-refractivity contribution in [3.63, 3.8) is 0 Å². The Morgan fingerprint density at radius 3 is 3.00 bits per heavy atom. The summed E-state index contributed by atoms with van der Waals surface area (Å²) >= 11 is 6.53. The fraction of sp³-hybridized carbons (Fsp3) is 0.474. The van der Waals surface area contributed by atoms with E-state index in [1.807, 2.05) is 18.2 Å². The first-order chi connectivity index (χ1) is 12.6. The number of aliphatic carboxylic acids is 1. The van der Waals surface area contributed by atoms with E-state index in [0.29, 0.717) is 30.2 Å². The van der Waals surface area contributed by atoms with Crippen LogP contribution in [0.3, 0.4) is 0 Å².